The van der Waals surface area contributed by atoms with E-state index in [2.05, 4.69) is 18.5 Å². The molecule has 5 atom stereocenters. The second-order valence-electron chi connectivity index (χ2n) is 10.9. The van der Waals surface area contributed by atoms with Crippen molar-refractivity contribution >= 4 is 17.4 Å². The lowest BCUT2D eigenvalue weighted by Gasteiger charge is -2.50. The lowest BCUT2D eigenvalue weighted by Crippen LogP contribution is -2.52. The van der Waals surface area contributed by atoms with Crippen LogP contribution in [0.15, 0.2) is 54.2 Å². The Balaban J connectivity index is 1.30. The minimum absolute atomic E-state index is 0.0817. The zero-order chi connectivity index (χ0) is 25.1. The average molecular weight is 491 g/mol. The van der Waals surface area contributed by atoms with E-state index in [1.807, 2.05) is 25.1 Å². The number of hydrogen-bond donors (Lipinski definition) is 0. The Kier molecular flexibility index (Phi) is 5.61. The van der Waals surface area contributed by atoms with E-state index in [0.717, 1.165) is 36.1 Å². The fourth-order valence-corrected chi connectivity index (χ4v) is 6.69. The van der Waals surface area contributed by atoms with Gasteiger partial charge in [-0.1, -0.05) is 31.7 Å². The lowest BCUT2D eigenvalue weighted by atomic mass is 9.55. The molecule has 0 amide bonds. The van der Waals surface area contributed by atoms with Gasteiger partial charge in [-0.05, 0) is 49.4 Å². The summed E-state index contributed by atoms with van der Waals surface area (Å²) in [4.78, 5) is 22.3. The number of cyclic esters (lactones) is 1. The molecular weight excluding hydrogens is 459 g/mol. The molecule has 1 aromatic carbocycles. The number of aliphatic imine (C=N–C) groups is 1. The first-order valence-electron chi connectivity index (χ1n) is 12.7. The Bertz CT molecular complexity index is 1240. The zero-order valence-electron chi connectivity index (χ0n) is 20.7. The predicted molar refractivity (Wildman–Crippen MR) is 133 cm³/mol. The van der Waals surface area contributed by atoms with Crippen molar-refractivity contribution in [3.05, 3.63) is 60.7 Å². The summed E-state index contributed by atoms with van der Waals surface area (Å²) in [5.41, 5.74) is 3.62. The third kappa shape index (κ3) is 3.89. The minimum atomic E-state index is -0.684. The van der Waals surface area contributed by atoms with Gasteiger partial charge in [0.05, 0.1) is 30.5 Å². The number of pyridine rings is 1. The Morgan fingerprint density at radius 2 is 1.97 bits per heavy atom. The van der Waals surface area contributed by atoms with Crippen LogP contribution in [0.1, 0.15) is 45.2 Å². The Hall–Kier alpha value is -2.90. The van der Waals surface area contributed by atoms with Gasteiger partial charge in [-0.3, -0.25) is 14.8 Å². The summed E-state index contributed by atoms with van der Waals surface area (Å²) in [6.07, 6.45) is 4.54. The summed E-state index contributed by atoms with van der Waals surface area (Å²) < 4.78 is 31.5. The number of nitrogens with zero attached hydrogens (tertiary/aromatic N) is 2. The molecule has 7 heteroatoms. The van der Waals surface area contributed by atoms with Crippen molar-refractivity contribution in [3.8, 4) is 11.1 Å². The van der Waals surface area contributed by atoms with E-state index in [9.17, 15) is 9.18 Å². The average Bonchev–Trinajstić information content (AvgIpc) is 3.39. The largest absolute Gasteiger partial charge is 0.462 e. The maximum atomic E-state index is 13.6. The summed E-state index contributed by atoms with van der Waals surface area (Å²) in [5, 5.41) is 0. The maximum Gasteiger partial charge on any atom is 0.309 e. The van der Waals surface area contributed by atoms with Crippen LogP contribution in [-0.4, -0.2) is 41.8 Å². The third-order valence-electron chi connectivity index (χ3n) is 8.83. The summed E-state index contributed by atoms with van der Waals surface area (Å²) in [7, 11) is 0. The highest BCUT2D eigenvalue weighted by molar-refractivity contribution is 5.93. The maximum absolute atomic E-state index is 13.6. The van der Waals surface area contributed by atoms with Gasteiger partial charge in [-0.25, -0.2) is 4.39 Å². The summed E-state index contributed by atoms with van der Waals surface area (Å²) in [5.74, 6) is -0.727. The fraction of sp³-hybridized carbons (Fsp3) is 0.483. The lowest BCUT2D eigenvalue weighted by molar-refractivity contribution is -0.180. The molecule has 6 rings (SSSR count). The van der Waals surface area contributed by atoms with Crippen molar-refractivity contribution in [1.82, 2.24) is 4.98 Å². The first-order chi connectivity index (χ1) is 17.3. The third-order valence-corrected chi connectivity index (χ3v) is 8.83. The van der Waals surface area contributed by atoms with Crippen LogP contribution in [0.5, 0.6) is 0 Å². The van der Waals surface area contributed by atoms with Crippen molar-refractivity contribution in [1.29, 1.82) is 0 Å². The molecule has 2 aliphatic heterocycles. The van der Waals surface area contributed by atoms with Crippen LogP contribution in [0, 0.1) is 29.0 Å². The molecule has 2 aromatic rings. The van der Waals surface area contributed by atoms with Crippen molar-refractivity contribution in [2.45, 2.75) is 51.4 Å². The second-order valence-corrected chi connectivity index (χ2v) is 10.9. The van der Waals surface area contributed by atoms with E-state index in [0.29, 0.717) is 31.0 Å². The molecule has 2 aliphatic carbocycles. The van der Waals surface area contributed by atoms with E-state index < -0.39 is 5.79 Å². The smallest absolute Gasteiger partial charge is 0.309 e. The number of rotatable bonds is 3. The SMILES string of the molecule is C=C(N=C1CC2(C[C@H]3C[C@H]4C(=O)O[C@H](C)[C@@]4(C)CC13)OCCO2)c1ccc(-c2cccc(F)c2)cn1. The minimum Gasteiger partial charge on any atom is -0.462 e. The molecule has 2 saturated heterocycles. The van der Waals surface area contributed by atoms with Crippen LogP contribution in [0.3, 0.4) is 0 Å². The standard InChI is InChI=1S/C29H31FN2O4/c1-17(25-8-7-20(16-31-25)19-5-4-6-22(30)11-19)32-26-15-29(34-9-10-35-29)13-21-12-24-27(33)36-18(2)28(24,3)14-23(21)26/h4-8,11,16,18,21,23-24H,1,9-10,12-15H2,2-3H3/t18-,21-,23?,24+,28-/m1/s1. The van der Waals surface area contributed by atoms with E-state index in [4.69, 9.17) is 19.2 Å². The van der Waals surface area contributed by atoms with Gasteiger partial charge in [0, 0.05) is 41.6 Å². The van der Waals surface area contributed by atoms with Crippen molar-refractivity contribution in [2.24, 2.45) is 28.2 Å². The number of carbonyl (C=O) groups is 1. The molecule has 4 aliphatic rings. The second kappa shape index (κ2) is 8.60. The molecule has 0 N–H and O–H groups in total. The van der Waals surface area contributed by atoms with Gasteiger partial charge in [0.25, 0.3) is 0 Å². The molecule has 1 spiro atoms. The Morgan fingerprint density at radius 1 is 1.17 bits per heavy atom. The molecule has 4 fully saturated rings. The van der Waals surface area contributed by atoms with Crippen LogP contribution in [-0.2, 0) is 19.0 Å². The molecule has 0 radical (unpaired) electrons. The predicted octanol–water partition coefficient (Wildman–Crippen LogP) is 5.43. The van der Waals surface area contributed by atoms with Gasteiger partial charge in [0.1, 0.15) is 11.9 Å². The van der Waals surface area contributed by atoms with Gasteiger partial charge in [-0.15, -0.1) is 0 Å². The van der Waals surface area contributed by atoms with Gasteiger partial charge < -0.3 is 14.2 Å². The number of aromatic nitrogens is 1. The zero-order valence-corrected chi connectivity index (χ0v) is 20.7. The fourth-order valence-electron chi connectivity index (χ4n) is 6.69. The number of ether oxygens (including phenoxy) is 3. The number of hydrogen-bond acceptors (Lipinski definition) is 6. The molecular formula is C29H31FN2O4. The van der Waals surface area contributed by atoms with Gasteiger partial charge >= 0.3 is 5.97 Å². The van der Waals surface area contributed by atoms with Gasteiger partial charge in [0.15, 0.2) is 5.79 Å². The number of carbonyl (C=O) groups excluding carboxylic acids is 1. The highest BCUT2D eigenvalue weighted by Gasteiger charge is 2.61. The van der Waals surface area contributed by atoms with Crippen LogP contribution in [0.25, 0.3) is 16.8 Å². The van der Waals surface area contributed by atoms with E-state index in [-0.39, 0.29) is 41.1 Å². The number of esters is 1. The van der Waals surface area contributed by atoms with E-state index >= 15 is 0 Å². The van der Waals surface area contributed by atoms with Gasteiger partial charge in [-0.2, -0.15) is 0 Å². The van der Waals surface area contributed by atoms with Crippen LogP contribution in [0.4, 0.5) is 4.39 Å². The Morgan fingerprint density at radius 3 is 2.69 bits per heavy atom. The van der Waals surface area contributed by atoms with E-state index in [1.165, 1.54) is 12.1 Å². The number of benzene rings is 1. The van der Waals surface area contributed by atoms with Crippen molar-refractivity contribution < 1.29 is 23.4 Å². The highest BCUT2D eigenvalue weighted by atomic mass is 19.1. The molecule has 1 aromatic heterocycles. The van der Waals surface area contributed by atoms with Crippen LogP contribution >= 0.6 is 0 Å². The molecule has 1 unspecified atom stereocenters. The normalized spacial score (nSPS) is 33.9. The van der Waals surface area contributed by atoms with Crippen molar-refractivity contribution in [3.63, 3.8) is 0 Å². The number of halogens is 1. The molecule has 6 nitrogen and oxygen atoms in total. The van der Waals surface area contributed by atoms with Gasteiger partial charge in [0.2, 0.25) is 0 Å². The molecule has 36 heavy (non-hydrogen) atoms. The monoisotopic (exact) mass is 490 g/mol. The van der Waals surface area contributed by atoms with Crippen molar-refractivity contribution in [2.75, 3.05) is 13.2 Å². The molecule has 188 valence electrons. The quantitative estimate of drug-likeness (QED) is 0.537. The summed E-state index contributed by atoms with van der Waals surface area (Å²) in [6.45, 7) is 9.54. The summed E-state index contributed by atoms with van der Waals surface area (Å²) in [6, 6.07) is 10.2. The summed E-state index contributed by atoms with van der Waals surface area (Å²) >= 11 is 0. The topological polar surface area (TPSA) is 70.0 Å². The first-order valence-corrected chi connectivity index (χ1v) is 12.7. The van der Waals surface area contributed by atoms with E-state index in [1.54, 1.807) is 12.3 Å². The molecule has 0 bridgehead atoms. The van der Waals surface area contributed by atoms with Crippen LogP contribution < -0.4 is 0 Å². The number of fused-ring (bicyclic) bond motifs is 2. The molecule has 2 saturated carbocycles. The van der Waals surface area contributed by atoms with Crippen LogP contribution in [0.2, 0.25) is 0 Å². The Labute approximate surface area is 210 Å². The highest BCUT2D eigenvalue weighted by Crippen LogP contribution is 2.58. The first kappa shape index (κ1) is 23.5. The molecule has 3 heterocycles.